The summed E-state index contributed by atoms with van der Waals surface area (Å²) in [5, 5.41) is 5.50. The molecule has 3 aliphatic heterocycles. The van der Waals surface area contributed by atoms with Crippen molar-refractivity contribution in [3.05, 3.63) is 94.2 Å². The predicted molar refractivity (Wildman–Crippen MR) is 141 cm³/mol. The molecule has 0 bridgehead atoms. The molecule has 0 saturated carbocycles. The molecule has 0 spiro atoms. The number of nitrogens with one attached hydrogen (secondary N) is 2. The van der Waals surface area contributed by atoms with Crippen molar-refractivity contribution in [2.75, 3.05) is 20.0 Å². The zero-order chi connectivity index (χ0) is 29.3. The molecule has 6 rings (SSSR count). The molecule has 0 aliphatic carbocycles. The van der Waals surface area contributed by atoms with Crippen molar-refractivity contribution in [3.63, 3.8) is 0 Å². The standard InChI is InChI=1S/C30H25F3N2O7/c31-30(32,33)20-3-1-2-18(12-20)15-40-28(36)26-21(7-4-17-5-8-23-24(13-17)42-16-41-23)34-29(37)35-27(26)19-6-9-22-25(14-19)39-11-10-38-22/h1-3,5-6,8-9,12-14,27H,4,7,10-11,15-16H2,(H2,34,35,37). The van der Waals surface area contributed by atoms with Crippen LogP contribution in [0.4, 0.5) is 18.0 Å². The highest BCUT2D eigenvalue weighted by molar-refractivity contribution is 5.95. The number of amides is 2. The molecule has 0 saturated heterocycles. The number of hydrogen-bond donors (Lipinski definition) is 2. The number of benzene rings is 3. The minimum Gasteiger partial charge on any atom is -0.486 e. The van der Waals surface area contributed by atoms with Gasteiger partial charge in [0.2, 0.25) is 6.79 Å². The first-order valence-corrected chi connectivity index (χ1v) is 13.2. The maximum atomic E-state index is 13.6. The zero-order valence-electron chi connectivity index (χ0n) is 22.1. The number of fused-ring (bicyclic) bond motifs is 2. The third-order valence-electron chi connectivity index (χ3n) is 7.00. The highest BCUT2D eigenvalue weighted by atomic mass is 19.4. The van der Waals surface area contributed by atoms with E-state index in [4.69, 9.17) is 23.7 Å². The number of esters is 1. The van der Waals surface area contributed by atoms with Crippen molar-refractivity contribution in [3.8, 4) is 23.0 Å². The molecule has 1 atom stereocenters. The Morgan fingerprint density at radius 2 is 1.60 bits per heavy atom. The average Bonchev–Trinajstić information content (AvgIpc) is 3.46. The van der Waals surface area contributed by atoms with E-state index in [1.807, 2.05) is 12.1 Å². The molecule has 1 unspecified atom stereocenters. The highest BCUT2D eigenvalue weighted by Crippen LogP contribution is 2.38. The number of aryl methyl sites for hydroxylation is 1. The molecule has 0 aromatic heterocycles. The Kier molecular flexibility index (Phi) is 7.27. The van der Waals surface area contributed by atoms with E-state index >= 15 is 0 Å². The van der Waals surface area contributed by atoms with Crippen LogP contribution < -0.4 is 29.6 Å². The van der Waals surface area contributed by atoms with Gasteiger partial charge in [-0.2, -0.15) is 13.2 Å². The molecule has 3 aromatic carbocycles. The number of urea groups is 1. The van der Waals surface area contributed by atoms with Gasteiger partial charge >= 0.3 is 18.2 Å². The van der Waals surface area contributed by atoms with Crippen LogP contribution in [-0.4, -0.2) is 32.0 Å². The Labute approximate surface area is 238 Å². The van der Waals surface area contributed by atoms with Crippen molar-refractivity contribution in [2.45, 2.75) is 31.7 Å². The SMILES string of the molecule is O=C1NC(CCc2ccc3c(c2)OCO3)=C(C(=O)OCc2cccc(C(F)(F)F)c2)C(c2ccc3c(c2)OCCO3)N1. The molecule has 2 amide bonds. The normalized spacial score (nSPS) is 17.4. The van der Waals surface area contributed by atoms with Crippen molar-refractivity contribution in [1.82, 2.24) is 10.6 Å². The van der Waals surface area contributed by atoms with Crippen LogP contribution in [-0.2, 0) is 28.7 Å². The van der Waals surface area contributed by atoms with Crippen LogP contribution in [0, 0.1) is 0 Å². The summed E-state index contributed by atoms with van der Waals surface area (Å²) in [7, 11) is 0. The number of ether oxygens (including phenoxy) is 5. The van der Waals surface area contributed by atoms with Gasteiger partial charge in [0.25, 0.3) is 0 Å². The molecular formula is C30H25F3N2O7. The number of hydrogen-bond acceptors (Lipinski definition) is 7. The molecule has 12 heteroatoms. The lowest BCUT2D eigenvalue weighted by Crippen LogP contribution is -2.46. The van der Waals surface area contributed by atoms with Gasteiger partial charge in [0.1, 0.15) is 19.8 Å². The second kappa shape index (κ2) is 11.2. The van der Waals surface area contributed by atoms with Crippen molar-refractivity contribution in [2.24, 2.45) is 0 Å². The van der Waals surface area contributed by atoms with E-state index in [0.29, 0.717) is 53.9 Å². The summed E-state index contributed by atoms with van der Waals surface area (Å²) in [4.78, 5) is 26.4. The largest absolute Gasteiger partial charge is 0.486 e. The first-order chi connectivity index (χ1) is 20.2. The lowest BCUT2D eigenvalue weighted by Gasteiger charge is -2.30. The zero-order valence-corrected chi connectivity index (χ0v) is 22.1. The Hall–Kier alpha value is -4.87. The van der Waals surface area contributed by atoms with Gasteiger partial charge in [-0.1, -0.05) is 24.3 Å². The van der Waals surface area contributed by atoms with Crippen LogP contribution >= 0.6 is 0 Å². The van der Waals surface area contributed by atoms with E-state index in [1.165, 1.54) is 12.1 Å². The fourth-order valence-corrected chi connectivity index (χ4v) is 4.98. The number of alkyl halides is 3. The van der Waals surface area contributed by atoms with Gasteiger partial charge in [-0.25, -0.2) is 9.59 Å². The first kappa shape index (κ1) is 27.3. The topological polar surface area (TPSA) is 104 Å². The summed E-state index contributed by atoms with van der Waals surface area (Å²) < 4.78 is 67.2. The number of carbonyl (C=O) groups excluding carboxylic acids is 2. The van der Waals surface area contributed by atoms with Crippen LogP contribution in [0.25, 0.3) is 0 Å². The first-order valence-electron chi connectivity index (χ1n) is 13.2. The number of carbonyl (C=O) groups is 2. The highest BCUT2D eigenvalue weighted by Gasteiger charge is 2.35. The summed E-state index contributed by atoms with van der Waals surface area (Å²) in [6.45, 7) is 0.471. The quantitative estimate of drug-likeness (QED) is 0.370. The second-order valence-electron chi connectivity index (χ2n) is 9.79. The van der Waals surface area contributed by atoms with Gasteiger partial charge in [-0.3, -0.25) is 0 Å². The Morgan fingerprint density at radius 1 is 0.857 bits per heavy atom. The molecule has 3 aliphatic rings. The second-order valence-corrected chi connectivity index (χ2v) is 9.79. The minimum absolute atomic E-state index is 0.124. The van der Waals surface area contributed by atoms with Crippen LogP contribution in [0.1, 0.15) is 34.7 Å². The lowest BCUT2D eigenvalue weighted by atomic mass is 9.92. The molecule has 0 radical (unpaired) electrons. The van der Waals surface area contributed by atoms with Crippen LogP contribution in [0.2, 0.25) is 0 Å². The van der Waals surface area contributed by atoms with E-state index in [1.54, 1.807) is 24.3 Å². The Balaban J connectivity index is 1.31. The van der Waals surface area contributed by atoms with E-state index in [9.17, 15) is 22.8 Å². The van der Waals surface area contributed by atoms with Gasteiger partial charge in [-0.05, 0) is 65.9 Å². The van der Waals surface area contributed by atoms with E-state index in [-0.39, 0.29) is 24.4 Å². The summed E-state index contributed by atoms with van der Waals surface area (Å²) in [6, 6.07) is 13.7. The van der Waals surface area contributed by atoms with Crippen LogP contribution in [0.5, 0.6) is 23.0 Å². The molecular weight excluding hydrogens is 557 g/mol. The summed E-state index contributed by atoms with van der Waals surface area (Å²) in [5.74, 6) is 1.44. The molecule has 3 aromatic rings. The fourth-order valence-electron chi connectivity index (χ4n) is 4.98. The molecule has 42 heavy (non-hydrogen) atoms. The van der Waals surface area contributed by atoms with E-state index in [0.717, 1.165) is 17.7 Å². The third kappa shape index (κ3) is 5.78. The maximum Gasteiger partial charge on any atom is 0.416 e. The Bertz CT molecular complexity index is 1570. The lowest BCUT2D eigenvalue weighted by molar-refractivity contribution is -0.140. The number of rotatable bonds is 7. The van der Waals surface area contributed by atoms with E-state index < -0.39 is 36.4 Å². The monoisotopic (exact) mass is 582 g/mol. The van der Waals surface area contributed by atoms with Gasteiger partial charge in [0, 0.05) is 5.70 Å². The minimum atomic E-state index is -4.54. The van der Waals surface area contributed by atoms with Gasteiger partial charge in [-0.15, -0.1) is 0 Å². The maximum absolute atomic E-state index is 13.6. The number of allylic oxidation sites excluding steroid dienone is 1. The van der Waals surface area contributed by atoms with E-state index in [2.05, 4.69) is 10.6 Å². The average molecular weight is 583 g/mol. The third-order valence-corrected chi connectivity index (χ3v) is 7.00. The molecule has 3 heterocycles. The predicted octanol–water partition coefficient (Wildman–Crippen LogP) is 5.19. The van der Waals surface area contributed by atoms with Gasteiger partial charge in [0.15, 0.2) is 23.0 Å². The number of halogens is 3. The van der Waals surface area contributed by atoms with Crippen molar-refractivity contribution >= 4 is 12.0 Å². The fraction of sp³-hybridized carbons (Fsp3) is 0.267. The van der Waals surface area contributed by atoms with Crippen molar-refractivity contribution in [1.29, 1.82) is 0 Å². The smallest absolute Gasteiger partial charge is 0.416 e. The van der Waals surface area contributed by atoms with Crippen molar-refractivity contribution < 1.29 is 46.4 Å². The van der Waals surface area contributed by atoms with Crippen LogP contribution in [0.15, 0.2) is 71.9 Å². The molecule has 2 N–H and O–H groups in total. The Morgan fingerprint density at radius 3 is 2.43 bits per heavy atom. The summed E-state index contributed by atoms with van der Waals surface area (Å²) in [5.41, 5.74) is 1.20. The van der Waals surface area contributed by atoms with Gasteiger partial charge < -0.3 is 34.3 Å². The molecule has 9 nitrogen and oxygen atoms in total. The molecule has 218 valence electrons. The molecule has 0 fully saturated rings. The van der Waals surface area contributed by atoms with Gasteiger partial charge in [0.05, 0.1) is 17.2 Å². The summed E-state index contributed by atoms with van der Waals surface area (Å²) >= 11 is 0. The van der Waals surface area contributed by atoms with Crippen LogP contribution in [0.3, 0.4) is 0 Å². The summed E-state index contributed by atoms with van der Waals surface area (Å²) in [6.07, 6.45) is -3.85.